The van der Waals surface area contributed by atoms with E-state index in [-0.39, 0.29) is 19.2 Å². The number of amides is 2. The molecule has 18 heavy (non-hydrogen) atoms. The minimum atomic E-state index is -1.33. The molecule has 0 saturated heterocycles. The van der Waals surface area contributed by atoms with Crippen LogP contribution in [0, 0.1) is 0 Å². The smallest absolute Gasteiger partial charge is 0.328 e. The molecular weight excluding hydrogens is 240 g/mol. The Labute approximate surface area is 105 Å². The summed E-state index contributed by atoms with van der Waals surface area (Å²) in [5, 5.41) is 29.4. The van der Waals surface area contributed by atoms with Gasteiger partial charge >= 0.3 is 12.0 Å². The van der Waals surface area contributed by atoms with Crippen molar-refractivity contribution in [2.45, 2.75) is 44.4 Å². The molecule has 2 amide bonds. The van der Waals surface area contributed by atoms with Gasteiger partial charge < -0.3 is 25.5 Å². The van der Waals surface area contributed by atoms with Crippen molar-refractivity contribution in [1.29, 1.82) is 0 Å². The van der Waals surface area contributed by atoms with E-state index in [9.17, 15) is 14.7 Å². The zero-order chi connectivity index (χ0) is 13.7. The summed E-state index contributed by atoms with van der Waals surface area (Å²) in [5.74, 6) is -1.28. The highest BCUT2D eigenvalue weighted by Crippen LogP contribution is 2.24. The first-order chi connectivity index (χ1) is 8.47. The Kier molecular flexibility index (Phi) is 5.36. The molecule has 0 aliphatic heterocycles. The second-order valence-corrected chi connectivity index (χ2v) is 4.51. The number of urea groups is 1. The molecule has 104 valence electrons. The number of carbonyl (C=O) groups is 2. The third kappa shape index (κ3) is 3.58. The molecule has 2 atom stereocenters. The van der Waals surface area contributed by atoms with E-state index >= 15 is 0 Å². The molecule has 0 spiro atoms. The van der Waals surface area contributed by atoms with Gasteiger partial charge in [0.05, 0.1) is 12.7 Å². The molecule has 0 aromatic carbocycles. The Bertz CT molecular complexity index is 304. The first kappa shape index (κ1) is 14.7. The van der Waals surface area contributed by atoms with Crippen LogP contribution < -0.4 is 5.32 Å². The lowest BCUT2D eigenvalue weighted by Crippen LogP contribution is -2.56. The Morgan fingerprint density at radius 3 is 2.39 bits per heavy atom. The second-order valence-electron chi connectivity index (χ2n) is 4.51. The number of nitrogens with one attached hydrogen (secondary N) is 1. The molecule has 7 nitrogen and oxygen atoms in total. The molecule has 0 aromatic heterocycles. The van der Waals surface area contributed by atoms with Gasteiger partial charge in [0.2, 0.25) is 0 Å². The molecule has 4 N–H and O–H groups in total. The Balaban J connectivity index is 2.61. The molecule has 1 aliphatic carbocycles. The Morgan fingerprint density at radius 1 is 1.44 bits per heavy atom. The van der Waals surface area contributed by atoms with Gasteiger partial charge in [-0.05, 0) is 26.2 Å². The third-order valence-electron chi connectivity index (χ3n) is 3.14. The van der Waals surface area contributed by atoms with E-state index in [1.165, 1.54) is 11.8 Å². The lowest BCUT2D eigenvalue weighted by atomic mass is 9.91. The molecule has 1 saturated carbocycles. The van der Waals surface area contributed by atoms with Crippen molar-refractivity contribution in [2.24, 2.45) is 0 Å². The van der Waals surface area contributed by atoms with Gasteiger partial charge in [-0.2, -0.15) is 0 Å². The number of aliphatic hydroxyl groups is 2. The maximum Gasteiger partial charge on any atom is 0.328 e. The second kappa shape index (κ2) is 6.55. The molecule has 1 aliphatic rings. The van der Waals surface area contributed by atoms with Crippen molar-refractivity contribution in [3.05, 3.63) is 0 Å². The van der Waals surface area contributed by atoms with Crippen LogP contribution in [0.5, 0.6) is 0 Å². The SMILES string of the molecule is C[C@@H](O)[C@H](NC(=O)N(CCO)C1CCC1)C(=O)O. The van der Waals surface area contributed by atoms with Gasteiger partial charge in [0.1, 0.15) is 0 Å². The standard InChI is InChI=1S/C11H20N2O5/c1-7(15)9(10(16)17)12-11(18)13(5-6-14)8-3-2-4-8/h7-9,14-15H,2-6H2,1H3,(H,12,18)(H,16,17)/t7-,9+/m1/s1. The summed E-state index contributed by atoms with van der Waals surface area (Å²) < 4.78 is 0. The van der Waals surface area contributed by atoms with E-state index in [4.69, 9.17) is 10.2 Å². The van der Waals surface area contributed by atoms with E-state index in [0.717, 1.165) is 19.3 Å². The lowest BCUT2D eigenvalue weighted by Gasteiger charge is -2.37. The Hall–Kier alpha value is -1.34. The van der Waals surface area contributed by atoms with Gasteiger partial charge in [0.25, 0.3) is 0 Å². The number of aliphatic carboxylic acids is 1. The highest BCUT2D eigenvalue weighted by molar-refractivity contribution is 5.83. The molecule has 0 heterocycles. The minimum Gasteiger partial charge on any atom is -0.480 e. The lowest BCUT2D eigenvalue weighted by molar-refractivity contribution is -0.141. The summed E-state index contributed by atoms with van der Waals surface area (Å²) in [5.41, 5.74) is 0. The maximum absolute atomic E-state index is 11.9. The highest BCUT2D eigenvalue weighted by atomic mass is 16.4. The quantitative estimate of drug-likeness (QED) is 0.508. The molecule has 7 heteroatoms. The van der Waals surface area contributed by atoms with Gasteiger partial charge in [-0.15, -0.1) is 0 Å². The van der Waals surface area contributed by atoms with Crippen LogP contribution in [0.4, 0.5) is 4.79 Å². The third-order valence-corrected chi connectivity index (χ3v) is 3.14. The highest BCUT2D eigenvalue weighted by Gasteiger charge is 2.32. The summed E-state index contributed by atoms with van der Waals surface area (Å²) in [6.45, 7) is 1.30. The predicted molar refractivity (Wildman–Crippen MR) is 63.1 cm³/mol. The van der Waals surface area contributed by atoms with Crippen LogP contribution in [-0.2, 0) is 4.79 Å². The van der Waals surface area contributed by atoms with E-state index in [0.29, 0.717) is 0 Å². The van der Waals surface area contributed by atoms with Gasteiger partial charge in [0, 0.05) is 12.6 Å². The number of hydrogen-bond acceptors (Lipinski definition) is 4. The fraction of sp³-hybridized carbons (Fsp3) is 0.818. The topological polar surface area (TPSA) is 110 Å². The average Bonchev–Trinajstić information content (AvgIpc) is 2.21. The molecule has 0 radical (unpaired) electrons. The van der Waals surface area contributed by atoms with Crippen LogP contribution >= 0.6 is 0 Å². The number of carboxylic acids is 1. The van der Waals surface area contributed by atoms with Gasteiger partial charge in [-0.25, -0.2) is 9.59 Å². The number of aliphatic hydroxyl groups excluding tert-OH is 2. The van der Waals surface area contributed by atoms with Crippen LogP contribution in [0.15, 0.2) is 0 Å². The monoisotopic (exact) mass is 260 g/mol. The van der Waals surface area contributed by atoms with E-state index < -0.39 is 24.1 Å². The zero-order valence-electron chi connectivity index (χ0n) is 10.4. The minimum absolute atomic E-state index is 0.0561. The normalized spacial score (nSPS) is 18.6. The molecular formula is C11H20N2O5. The summed E-state index contributed by atoms with van der Waals surface area (Å²) in [7, 11) is 0. The predicted octanol–water partition coefficient (Wildman–Crippen LogP) is -0.623. The summed E-state index contributed by atoms with van der Waals surface area (Å²) in [4.78, 5) is 24.2. The number of carbonyl (C=O) groups excluding carboxylic acids is 1. The fourth-order valence-electron chi connectivity index (χ4n) is 1.86. The van der Waals surface area contributed by atoms with Crippen LogP contribution in [0.1, 0.15) is 26.2 Å². The first-order valence-electron chi connectivity index (χ1n) is 6.06. The van der Waals surface area contributed by atoms with Gasteiger partial charge in [0.15, 0.2) is 6.04 Å². The van der Waals surface area contributed by atoms with Crippen molar-refractivity contribution >= 4 is 12.0 Å². The van der Waals surface area contributed by atoms with E-state index in [1.807, 2.05) is 0 Å². The van der Waals surface area contributed by atoms with Crippen molar-refractivity contribution in [2.75, 3.05) is 13.2 Å². The molecule has 0 bridgehead atoms. The molecule has 0 aromatic rings. The van der Waals surface area contributed by atoms with Crippen molar-refractivity contribution < 1.29 is 24.9 Å². The number of rotatable bonds is 6. The van der Waals surface area contributed by atoms with Crippen molar-refractivity contribution in [3.63, 3.8) is 0 Å². The van der Waals surface area contributed by atoms with Crippen molar-refractivity contribution in [1.82, 2.24) is 10.2 Å². The van der Waals surface area contributed by atoms with Crippen LogP contribution in [0.2, 0.25) is 0 Å². The summed E-state index contributed by atoms with van der Waals surface area (Å²) in [6, 6.07) is -1.83. The first-order valence-corrected chi connectivity index (χ1v) is 6.06. The largest absolute Gasteiger partial charge is 0.480 e. The average molecular weight is 260 g/mol. The van der Waals surface area contributed by atoms with Crippen LogP contribution in [0.3, 0.4) is 0 Å². The number of nitrogens with zero attached hydrogens (tertiary/aromatic N) is 1. The number of hydrogen-bond donors (Lipinski definition) is 4. The molecule has 1 rings (SSSR count). The van der Waals surface area contributed by atoms with E-state index in [1.54, 1.807) is 0 Å². The Morgan fingerprint density at radius 2 is 2.06 bits per heavy atom. The van der Waals surface area contributed by atoms with Crippen LogP contribution in [0.25, 0.3) is 0 Å². The van der Waals surface area contributed by atoms with Crippen molar-refractivity contribution in [3.8, 4) is 0 Å². The maximum atomic E-state index is 11.9. The fourth-order valence-corrected chi connectivity index (χ4v) is 1.86. The summed E-state index contributed by atoms with van der Waals surface area (Å²) >= 11 is 0. The van der Waals surface area contributed by atoms with Crippen LogP contribution in [-0.4, -0.2) is 63.6 Å². The van der Waals surface area contributed by atoms with E-state index in [2.05, 4.69) is 5.32 Å². The zero-order valence-corrected chi connectivity index (χ0v) is 10.4. The van der Waals surface area contributed by atoms with Gasteiger partial charge in [-0.3, -0.25) is 0 Å². The molecule has 0 unspecified atom stereocenters. The van der Waals surface area contributed by atoms with Gasteiger partial charge in [-0.1, -0.05) is 0 Å². The number of carboxylic acid groups (broad SMARTS) is 1. The summed E-state index contributed by atoms with van der Waals surface area (Å²) in [6.07, 6.45) is 1.57. The molecule has 1 fully saturated rings.